The van der Waals surface area contributed by atoms with E-state index in [2.05, 4.69) is 5.32 Å². The highest BCUT2D eigenvalue weighted by Gasteiger charge is 2.11. The molecular formula is C13H19NO3. The summed E-state index contributed by atoms with van der Waals surface area (Å²) in [7, 11) is 0. The zero-order chi connectivity index (χ0) is 12.8. The van der Waals surface area contributed by atoms with E-state index in [9.17, 15) is 9.90 Å². The lowest BCUT2D eigenvalue weighted by Crippen LogP contribution is -2.30. The summed E-state index contributed by atoms with van der Waals surface area (Å²) in [5.41, 5.74) is 2.32. The maximum atomic E-state index is 10.4. The van der Waals surface area contributed by atoms with Gasteiger partial charge in [0.25, 0.3) is 0 Å². The first-order valence-corrected chi connectivity index (χ1v) is 5.69. The minimum absolute atomic E-state index is 0.0963. The van der Waals surface area contributed by atoms with Gasteiger partial charge in [-0.3, -0.25) is 4.79 Å². The first-order chi connectivity index (χ1) is 7.99. The third-order valence-electron chi connectivity index (χ3n) is 2.65. The van der Waals surface area contributed by atoms with E-state index < -0.39 is 12.1 Å². The number of hydrogen-bond acceptors (Lipinski definition) is 3. The molecule has 4 nitrogen and oxygen atoms in total. The van der Waals surface area contributed by atoms with Gasteiger partial charge >= 0.3 is 5.97 Å². The summed E-state index contributed by atoms with van der Waals surface area (Å²) in [5, 5.41) is 21.0. The van der Waals surface area contributed by atoms with Crippen molar-refractivity contribution >= 4 is 5.97 Å². The van der Waals surface area contributed by atoms with E-state index in [1.807, 2.05) is 38.1 Å². The summed E-state index contributed by atoms with van der Waals surface area (Å²) in [6.07, 6.45) is -1.08. The summed E-state index contributed by atoms with van der Waals surface area (Å²) in [4.78, 5) is 10.4. The van der Waals surface area contributed by atoms with Crippen molar-refractivity contribution in [2.75, 3.05) is 6.54 Å². The molecule has 0 bridgehead atoms. The van der Waals surface area contributed by atoms with Crippen LogP contribution in [0.1, 0.15) is 30.5 Å². The van der Waals surface area contributed by atoms with Gasteiger partial charge in [-0.1, -0.05) is 29.8 Å². The number of carbonyl (C=O) groups is 1. The lowest BCUT2D eigenvalue weighted by molar-refractivity contribution is -0.139. The van der Waals surface area contributed by atoms with Gasteiger partial charge in [-0.2, -0.15) is 0 Å². The van der Waals surface area contributed by atoms with Crippen molar-refractivity contribution in [1.82, 2.24) is 5.32 Å². The number of aliphatic carboxylic acids is 1. The predicted molar refractivity (Wildman–Crippen MR) is 65.9 cm³/mol. The van der Waals surface area contributed by atoms with Gasteiger partial charge in [-0.15, -0.1) is 0 Å². The normalized spacial score (nSPS) is 14.3. The van der Waals surface area contributed by atoms with E-state index in [4.69, 9.17) is 5.11 Å². The second kappa shape index (κ2) is 6.37. The second-order valence-corrected chi connectivity index (χ2v) is 4.29. The number of carboxylic acid groups (broad SMARTS) is 1. The monoisotopic (exact) mass is 237 g/mol. The molecule has 0 aliphatic rings. The maximum Gasteiger partial charge on any atom is 0.306 e. The van der Waals surface area contributed by atoms with Crippen LogP contribution >= 0.6 is 0 Å². The van der Waals surface area contributed by atoms with Gasteiger partial charge in [-0.25, -0.2) is 0 Å². The van der Waals surface area contributed by atoms with Crippen LogP contribution in [0.15, 0.2) is 24.3 Å². The van der Waals surface area contributed by atoms with E-state index in [1.54, 1.807) is 0 Å². The molecule has 0 aliphatic carbocycles. The standard InChI is InChI=1S/C13H19NO3/c1-9-3-5-11(6-4-9)10(2)14-8-12(15)7-13(16)17/h3-6,10,12,14-15H,7-8H2,1-2H3,(H,16,17). The van der Waals surface area contributed by atoms with Crippen LogP contribution in [0, 0.1) is 6.92 Å². The van der Waals surface area contributed by atoms with Crippen LogP contribution in [0.2, 0.25) is 0 Å². The van der Waals surface area contributed by atoms with Crippen molar-refractivity contribution in [3.8, 4) is 0 Å². The van der Waals surface area contributed by atoms with Gasteiger partial charge < -0.3 is 15.5 Å². The second-order valence-electron chi connectivity index (χ2n) is 4.29. The number of hydrogen-bond donors (Lipinski definition) is 3. The van der Waals surface area contributed by atoms with Crippen molar-refractivity contribution in [3.63, 3.8) is 0 Å². The van der Waals surface area contributed by atoms with Gasteiger partial charge in [-0.05, 0) is 19.4 Å². The highest BCUT2D eigenvalue weighted by molar-refractivity contribution is 5.67. The Kier molecular flexibility index (Phi) is 5.12. The van der Waals surface area contributed by atoms with Gasteiger partial charge in [0.1, 0.15) is 0 Å². The fraction of sp³-hybridized carbons (Fsp3) is 0.462. The van der Waals surface area contributed by atoms with E-state index in [-0.39, 0.29) is 19.0 Å². The first-order valence-electron chi connectivity index (χ1n) is 5.69. The Morgan fingerprint density at radius 1 is 1.35 bits per heavy atom. The van der Waals surface area contributed by atoms with Crippen LogP contribution in [0.3, 0.4) is 0 Å². The first kappa shape index (κ1) is 13.7. The highest BCUT2D eigenvalue weighted by atomic mass is 16.4. The third-order valence-corrected chi connectivity index (χ3v) is 2.65. The van der Waals surface area contributed by atoms with Gasteiger partial charge in [0.15, 0.2) is 0 Å². The number of aryl methyl sites for hydroxylation is 1. The van der Waals surface area contributed by atoms with Gasteiger partial charge in [0.2, 0.25) is 0 Å². The Hall–Kier alpha value is -1.39. The van der Waals surface area contributed by atoms with E-state index >= 15 is 0 Å². The number of rotatable bonds is 6. The lowest BCUT2D eigenvalue weighted by atomic mass is 10.1. The van der Waals surface area contributed by atoms with Crippen molar-refractivity contribution < 1.29 is 15.0 Å². The molecule has 0 fully saturated rings. The summed E-state index contributed by atoms with van der Waals surface area (Å²) in [6.45, 7) is 4.29. The van der Waals surface area contributed by atoms with Crippen LogP contribution < -0.4 is 5.32 Å². The molecule has 2 unspecified atom stereocenters. The van der Waals surface area contributed by atoms with Crippen molar-refractivity contribution in [1.29, 1.82) is 0 Å². The van der Waals surface area contributed by atoms with Crippen LogP contribution in [0.25, 0.3) is 0 Å². The van der Waals surface area contributed by atoms with E-state index in [0.717, 1.165) is 5.56 Å². The largest absolute Gasteiger partial charge is 0.481 e. The Bertz CT molecular complexity index is 361. The van der Waals surface area contributed by atoms with Crippen molar-refractivity contribution in [2.24, 2.45) is 0 Å². The average molecular weight is 237 g/mol. The third kappa shape index (κ3) is 4.97. The number of aliphatic hydroxyl groups is 1. The lowest BCUT2D eigenvalue weighted by Gasteiger charge is -2.16. The van der Waals surface area contributed by atoms with Crippen LogP contribution in [-0.2, 0) is 4.79 Å². The molecular weight excluding hydrogens is 218 g/mol. The van der Waals surface area contributed by atoms with E-state index in [1.165, 1.54) is 5.56 Å². The summed E-state index contributed by atoms with van der Waals surface area (Å²) < 4.78 is 0. The van der Waals surface area contributed by atoms with E-state index in [0.29, 0.717) is 0 Å². The number of carboxylic acids is 1. The molecule has 3 N–H and O–H groups in total. The summed E-state index contributed by atoms with van der Waals surface area (Å²) >= 11 is 0. The average Bonchev–Trinajstić information content (AvgIpc) is 2.26. The van der Waals surface area contributed by atoms with Crippen molar-refractivity contribution in [3.05, 3.63) is 35.4 Å². The molecule has 0 saturated carbocycles. The fourth-order valence-corrected chi connectivity index (χ4v) is 1.56. The summed E-state index contributed by atoms with van der Waals surface area (Å²) in [5.74, 6) is -0.984. The smallest absolute Gasteiger partial charge is 0.306 e. The molecule has 1 aromatic rings. The molecule has 2 atom stereocenters. The van der Waals surface area contributed by atoms with Gasteiger partial charge in [0.05, 0.1) is 12.5 Å². The van der Waals surface area contributed by atoms with Crippen LogP contribution in [-0.4, -0.2) is 28.8 Å². The highest BCUT2D eigenvalue weighted by Crippen LogP contribution is 2.12. The van der Waals surface area contributed by atoms with Gasteiger partial charge in [0, 0.05) is 12.6 Å². The predicted octanol–water partition coefficient (Wildman–Crippen LogP) is 1.48. The SMILES string of the molecule is Cc1ccc(C(C)NCC(O)CC(=O)O)cc1. The molecule has 4 heteroatoms. The maximum absolute atomic E-state index is 10.4. The fourth-order valence-electron chi connectivity index (χ4n) is 1.56. The molecule has 0 heterocycles. The Morgan fingerprint density at radius 2 is 1.94 bits per heavy atom. The van der Waals surface area contributed by atoms with Crippen LogP contribution in [0.5, 0.6) is 0 Å². The Labute approximate surface area is 101 Å². The van der Waals surface area contributed by atoms with Crippen molar-refractivity contribution in [2.45, 2.75) is 32.4 Å². The molecule has 0 aromatic heterocycles. The molecule has 1 aromatic carbocycles. The molecule has 0 amide bonds. The molecule has 17 heavy (non-hydrogen) atoms. The zero-order valence-electron chi connectivity index (χ0n) is 10.2. The number of aliphatic hydroxyl groups excluding tert-OH is 1. The molecule has 1 rings (SSSR count). The number of nitrogens with one attached hydrogen (secondary N) is 1. The topological polar surface area (TPSA) is 69.6 Å². The minimum Gasteiger partial charge on any atom is -0.481 e. The molecule has 0 radical (unpaired) electrons. The minimum atomic E-state index is -0.984. The quantitative estimate of drug-likeness (QED) is 0.701. The molecule has 0 aliphatic heterocycles. The Morgan fingerprint density at radius 3 is 2.47 bits per heavy atom. The molecule has 94 valence electrons. The Balaban J connectivity index is 2.41. The van der Waals surface area contributed by atoms with Crippen LogP contribution in [0.4, 0.5) is 0 Å². The zero-order valence-corrected chi connectivity index (χ0v) is 10.2. The molecule has 0 spiro atoms. The number of benzene rings is 1. The summed E-state index contributed by atoms with van der Waals surface area (Å²) in [6, 6.07) is 8.20. The molecule has 0 saturated heterocycles.